The van der Waals surface area contributed by atoms with Gasteiger partial charge in [0, 0.05) is 6.04 Å². The van der Waals surface area contributed by atoms with Crippen LogP contribution in [0.25, 0.3) is 0 Å². The van der Waals surface area contributed by atoms with Crippen LogP contribution in [0.4, 0.5) is 0 Å². The van der Waals surface area contributed by atoms with Gasteiger partial charge in [-0.15, -0.1) is 0 Å². The second kappa shape index (κ2) is 11.0. The van der Waals surface area contributed by atoms with E-state index in [1.165, 1.54) is 25.7 Å². The summed E-state index contributed by atoms with van der Waals surface area (Å²) in [5.74, 6) is 1.52. The smallest absolute Gasteiger partial charge is 0.00412 e. The lowest BCUT2D eigenvalue weighted by atomic mass is 9.83. The molecule has 0 saturated carbocycles. The van der Waals surface area contributed by atoms with Gasteiger partial charge in [-0.25, -0.2) is 0 Å². The molecule has 0 fully saturated rings. The first kappa shape index (κ1) is 16.4. The van der Waals surface area contributed by atoms with E-state index in [1.54, 1.807) is 0 Å². The Morgan fingerprint density at radius 2 is 1.57 bits per heavy atom. The quantitative estimate of drug-likeness (QED) is 0.684. The Bertz CT molecular complexity index is 99.4. The van der Waals surface area contributed by atoms with Gasteiger partial charge >= 0.3 is 0 Å². The molecule has 1 nitrogen and oxygen atoms in total. The van der Waals surface area contributed by atoms with E-state index >= 15 is 0 Å². The Balaban J connectivity index is 0. The van der Waals surface area contributed by atoms with Gasteiger partial charge in [0.15, 0.2) is 0 Å². The third kappa shape index (κ3) is 7.37. The zero-order valence-corrected chi connectivity index (χ0v) is 11.1. The van der Waals surface area contributed by atoms with E-state index in [-0.39, 0.29) is 0 Å². The highest BCUT2D eigenvalue weighted by Crippen LogP contribution is 2.23. The maximum Gasteiger partial charge on any atom is 0.00412 e. The molecule has 0 bridgehead atoms. The van der Waals surface area contributed by atoms with Crippen molar-refractivity contribution in [2.24, 2.45) is 17.6 Å². The van der Waals surface area contributed by atoms with E-state index in [0.717, 1.165) is 11.8 Å². The number of unbranched alkanes of at least 4 members (excludes halogenated alkanes) is 1. The van der Waals surface area contributed by atoms with Crippen LogP contribution in [0.5, 0.6) is 0 Å². The lowest BCUT2D eigenvalue weighted by Crippen LogP contribution is -2.30. The zero-order valence-electron chi connectivity index (χ0n) is 11.1. The highest BCUT2D eigenvalue weighted by molar-refractivity contribution is 4.72. The van der Waals surface area contributed by atoms with Crippen LogP contribution in [0.2, 0.25) is 0 Å². The fourth-order valence-corrected chi connectivity index (χ4v) is 2.03. The molecule has 0 saturated heterocycles. The summed E-state index contributed by atoms with van der Waals surface area (Å²) in [6.45, 7) is 13.0. The zero-order chi connectivity index (χ0) is 11.6. The molecule has 0 spiro atoms. The van der Waals surface area contributed by atoms with Crippen molar-refractivity contribution in [3.8, 4) is 0 Å². The van der Waals surface area contributed by atoms with Crippen molar-refractivity contribution in [1.29, 1.82) is 0 Å². The second-order valence-corrected chi connectivity index (χ2v) is 4.05. The molecule has 0 aromatic carbocycles. The third-order valence-electron chi connectivity index (χ3n) is 2.89. The summed E-state index contributed by atoms with van der Waals surface area (Å²) in [4.78, 5) is 0. The van der Waals surface area contributed by atoms with Gasteiger partial charge in [0.25, 0.3) is 0 Å². The first-order valence-corrected chi connectivity index (χ1v) is 6.39. The highest BCUT2D eigenvalue weighted by Gasteiger charge is 2.18. The molecule has 0 aliphatic carbocycles. The van der Waals surface area contributed by atoms with Crippen molar-refractivity contribution >= 4 is 0 Å². The predicted molar refractivity (Wildman–Crippen MR) is 67.5 cm³/mol. The average molecular weight is 201 g/mol. The number of hydrogen-bond donors (Lipinski definition) is 1. The van der Waals surface area contributed by atoms with Crippen LogP contribution in [0.1, 0.15) is 67.2 Å². The molecule has 0 radical (unpaired) electrons. The standard InChI is InChI=1S/C11H25N.C2H6/c1-5-7-8-9(3)11(6-2)10(4)12;1-2/h9-11H,5-8,12H2,1-4H3;1-2H3. The van der Waals surface area contributed by atoms with Gasteiger partial charge in [-0.1, -0.05) is 60.3 Å². The number of rotatable bonds is 6. The normalized spacial score (nSPS) is 16.5. The first-order chi connectivity index (χ1) is 6.63. The highest BCUT2D eigenvalue weighted by atomic mass is 14.6. The van der Waals surface area contributed by atoms with Crippen molar-refractivity contribution < 1.29 is 0 Å². The minimum atomic E-state index is 0.363. The summed E-state index contributed by atoms with van der Waals surface area (Å²) >= 11 is 0. The molecule has 2 N–H and O–H groups in total. The largest absolute Gasteiger partial charge is 0.328 e. The Labute approximate surface area is 91.5 Å². The predicted octanol–water partition coefficient (Wildman–Crippen LogP) is 4.21. The van der Waals surface area contributed by atoms with Gasteiger partial charge in [0.1, 0.15) is 0 Å². The number of nitrogens with two attached hydrogens (primary N) is 1. The maximum atomic E-state index is 5.92. The molecule has 14 heavy (non-hydrogen) atoms. The monoisotopic (exact) mass is 201 g/mol. The Morgan fingerprint density at radius 1 is 1.07 bits per heavy atom. The van der Waals surface area contributed by atoms with Crippen LogP contribution in [0.15, 0.2) is 0 Å². The van der Waals surface area contributed by atoms with Gasteiger partial charge in [0.2, 0.25) is 0 Å². The maximum absolute atomic E-state index is 5.92. The van der Waals surface area contributed by atoms with Gasteiger partial charge in [0.05, 0.1) is 0 Å². The van der Waals surface area contributed by atoms with Crippen molar-refractivity contribution in [1.82, 2.24) is 0 Å². The minimum absolute atomic E-state index is 0.363. The SMILES string of the molecule is CC.CCCCC(C)C(CC)C(C)N. The van der Waals surface area contributed by atoms with Gasteiger partial charge < -0.3 is 5.73 Å². The van der Waals surface area contributed by atoms with Gasteiger partial charge in [-0.3, -0.25) is 0 Å². The van der Waals surface area contributed by atoms with Crippen molar-refractivity contribution in [3.63, 3.8) is 0 Å². The number of hydrogen-bond acceptors (Lipinski definition) is 1. The summed E-state index contributed by atoms with van der Waals surface area (Å²) in [7, 11) is 0. The molecule has 0 aliphatic heterocycles. The van der Waals surface area contributed by atoms with Crippen molar-refractivity contribution in [2.45, 2.75) is 73.3 Å². The van der Waals surface area contributed by atoms with E-state index in [2.05, 4.69) is 27.7 Å². The molecule has 0 amide bonds. The molecule has 0 rings (SSSR count). The molecule has 0 aromatic heterocycles. The Hall–Kier alpha value is -0.0400. The summed E-state index contributed by atoms with van der Waals surface area (Å²) < 4.78 is 0. The van der Waals surface area contributed by atoms with Crippen LogP contribution >= 0.6 is 0 Å². The van der Waals surface area contributed by atoms with Crippen LogP contribution in [0, 0.1) is 11.8 Å². The van der Waals surface area contributed by atoms with Crippen molar-refractivity contribution in [3.05, 3.63) is 0 Å². The van der Waals surface area contributed by atoms with Crippen LogP contribution in [-0.4, -0.2) is 6.04 Å². The first-order valence-electron chi connectivity index (χ1n) is 6.39. The summed E-state index contributed by atoms with van der Waals surface area (Å²) in [5.41, 5.74) is 5.92. The van der Waals surface area contributed by atoms with Crippen molar-refractivity contribution in [2.75, 3.05) is 0 Å². The molecule has 0 aromatic rings. The van der Waals surface area contributed by atoms with Crippen LogP contribution in [0.3, 0.4) is 0 Å². The molecule has 3 unspecified atom stereocenters. The molecule has 3 atom stereocenters. The van der Waals surface area contributed by atoms with E-state index < -0.39 is 0 Å². The second-order valence-electron chi connectivity index (χ2n) is 4.05. The minimum Gasteiger partial charge on any atom is -0.328 e. The van der Waals surface area contributed by atoms with Crippen LogP contribution < -0.4 is 5.73 Å². The lowest BCUT2D eigenvalue weighted by molar-refractivity contribution is 0.281. The van der Waals surface area contributed by atoms with Gasteiger partial charge in [-0.05, 0) is 18.8 Å². The lowest BCUT2D eigenvalue weighted by Gasteiger charge is -2.25. The summed E-state index contributed by atoms with van der Waals surface area (Å²) in [6.07, 6.45) is 5.23. The Kier molecular flexibility index (Phi) is 12.9. The third-order valence-corrected chi connectivity index (χ3v) is 2.89. The molecule has 88 valence electrons. The summed E-state index contributed by atoms with van der Waals surface area (Å²) in [6, 6.07) is 0.363. The molecule has 0 heterocycles. The van der Waals surface area contributed by atoms with Crippen LogP contribution in [-0.2, 0) is 0 Å². The summed E-state index contributed by atoms with van der Waals surface area (Å²) in [5, 5.41) is 0. The fraction of sp³-hybridized carbons (Fsp3) is 1.00. The Morgan fingerprint density at radius 3 is 1.86 bits per heavy atom. The molecule has 1 heteroatoms. The molecular formula is C13H31N. The molecule has 0 aliphatic rings. The average Bonchev–Trinajstić information content (AvgIpc) is 2.18. The van der Waals surface area contributed by atoms with E-state index in [4.69, 9.17) is 5.73 Å². The topological polar surface area (TPSA) is 26.0 Å². The van der Waals surface area contributed by atoms with E-state index in [0.29, 0.717) is 6.04 Å². The van der Waals surface area contributed by atoms with E-state index in [9.17, 15) is 0 Å². The van der Waals surface area contributed by atoms with E-state index in [1.807, 2.05) is 13.8 Å². The fourth-order valence-electron chi connectivity index (χ4n) is 2.03. The van der Waals surface area contributed by atoms with Gasteiger partial charge in [-0.2, -0.15) is 0 Å². The molecular weight excluding hydrogens is 170 g/mol.